The van der Waals surface area contributed by atoms with Gasteiger partial charge in [0.1, 0.15) is 17.6 Å². The number of aromatic amines is 1. The lowest BCUT2D eigenvalue weighted by Crippen LogP contribution is -2.54. The molecule has 2 N–H and O–H groups in total. The van der Waals surface area contributed by atoms with E-state index in [1.807, 2.05) is 65.5 Å². The summed E-state index contributed by atoms with van der Waals surface area (Å²) >= 11 is 0. The average Bonchev–Trinajstić information content (AvgIpc) is 3.65. The molecule has 10 nitrogen and oxygen atoms in total. The molecule has 0 aliphatic carbocycles. The largest absolute Gasteiger partial charge is 0.497 e. The number of aryl methyl sites for hydroxylation is 1. The SMILES string of the molecule is COc1ccc([Si](C)(C)C(CCn2cc(CCO)nn2)[C@H]2Oc3ccc(-n4[nH]c5ccccc5c4=O)cc3[C@@H](OC)[C@@H]2C)cc1. The maximum Gasteiger partial charge on any atom is 0.279 e. The average molecular weight is 628 g/mol. The fourth-order valence-corrected chi connectivity index (χ4v) is 10.4. The van der Waals surface area contributed by atoms with E-state index in [2.05, 4.69) is 47.6 Å². The Bertz CT molecular complexity index is 1830. The summed E-state index contributed by atoms with van der Waals surface area (Å²) in [5.41, 5.74) is 3.33. The fourth-order valence-electron chi connectivity index (χ4n) is 6.86. The van der Waals surface area contributed by atoms with Gasteiger partial charge in [-0.1, -0.05) is 54.7 Å². The Morgan fingerprint density at radius 2 is 1.87 bits per heavy atom. The van der Waals surface area contributed by atoms with Crippen LogP contribution in [0.2, 0.25) is 18.6 Å². The summed E-state index contributed by atoms with van der Waals surface area (Å²) < 4.78 is 22.1. The first-order valence-corrected chi connectivity index (χ1v) is 18.5. The van der Waals surface area contributed by atoms with E-state index in [4.69, 9.17) is 14.2 Å². The topological polar surface area (TPSA) is 116 Å². The summed E-state index contributed by atoms with van der Waals surface area (Å²) in [4.78, 5) is 13.2. The highest BCUT2D eigenvalue weighted by molar-refractivity contribution is 6.91. The molecule has 0 spiro atoms. The van der Waals surface area contributed by atoms with E-state index in [0.29, 0.717) is 18.4 Å². The van der Waals surface area contributed by atoms with E-state index >= 15 is 0 Å². The highest BCUT2D eigenvalue weighted by Gasteiger charge is 2.47. The predicted octanol–water partition coefficient (Wildman–Crippen LogP) is 4.61. The highest BCUT2D eigenvalue weighted by Crippen LogP contribution is 2.47. The molecule has 1 unspecified atom stereocenters. The van der Waals surface area contributed by atoms with Gasteiger partial charge in [0.25, 0.3) is 5.56 Å². The number of para-hydroxylation sites is 1. The summed E-state index contributed by atoms with van der Waals surface area (Å²) in [6.07, 6.45) is 2.87. The Hall–Kier alpha value is -4.19. The Labute approximate surface area is 263 Å². The lowest BCUT2D eigenvalue weighted by atomic mass is 9.86. The number of benzene rings is 3. The van der Waals surface area contributed by atoms with Crippen LogP contribution in [0.3, 0.4) is 0 Å². The molecular formula is C34H41N5O5Si. The molecule has 0 bridgehead atoms. The molecule has 5 aromatic rings. The van der Waals surface area contributed by atoms with Crippen LogP contribution in [0.1, 0.15) is 30.7 Å². The van der Waals surface area contributed by atoms with Crippen molar-refractivity contribution in [1.29, 1.82) is 0 Å². The Morgan fingerprint density at radius 1 is 1.09 bits per heavy atom. The molecule has 1 aliphatic rings. The molecule has 0 radical (unpaired) electrons. The van der Waals surface area contributed by atoms with Gasteiger partial charge in [0.05, 0.1) is 43.6 Å². The minimum Gasteiger partial charge on any atom is -0.497 e. The number of fused-ring (bicyclic) bond motifs is 2. The molecule has 0 saturated carbocycles. The van der Waals surface area contributed by atoms with Crippen LogP contribution in [-0.2, 0) is 17.7 Å². The standard InChI is InChI=1S/C34H41N5O5Si/c1-22-32(43-3)28-20-24(39-34(41)27-8-6-7-9-29(27)36-39)10-15-30(28)44-33(22)31(16-18-38-21-23(17-19-40)35-37-38)45(4,5)26-13-11-25(42-2)12-14-26/h6-15,20-22,31-33,36,40H,16-19H2,1-5H3/t22-,31?,32-,33-/m0/s1. The van der Waals surface area contributed by atoms with Crippen LogP contribution in [0, 0.1) is 5.92 Å². The second-order valence-electron chi connectivity index (χ2n) is 12.4. The van der Waals surface area contributed by atoms with E-state index in [1.54, 1.807) is 18.9 Å². The predicted molar refractivity (Wildman–Crippen MR) is 177 cm³/mol. The van der Waals surface area contributed by atoms with Gasteiger partial charge in [0.15, 0.2) is 0 Å². The van der Waals surface area contributed by atoms with Crippen LogP contribution < -0.4 is 20.2 Å². The normalized spacial score (nSPS) is 18.8. The van der Waals surface area contributed by atoms with Crippen molar-refractivity contribution in [3.05, 3.63) is 94.5 Å². The van der Waals surface area contributed by atoms with E-state index in [1.165, 1.54) is 5.19 Å². The highest BCUT2D eigenvalue weighted by atomic mass is 28.3. The Balaban J connectivity index is 1.36. The number of hydrogen-bond donors (Lipinski definition) is 2. The number of ether oxygens (including phenoxy) is 3. The third-order valence-electron chi connectivity index (χ3n) is 9.44. The van der Waals surface area contributed by atoms with Crippen LogP contribution in [-0.4, -0.2) is 64.9 Å². The molecule has 1 aliphatic heterocycles. The molecule has 0 amide bonds. The smallest absolute Gasteiger partial charge is 0.279 e. The Morgan fingerprint density at radius 3 is 2.58 bits per heavy atom. The molecule has 45 heavy (non-hydrogen) atoms. The summed E-state index contributed by atoms with van der Waals surface area (Å²) in [5.74, 6) is 1.63. The number of aliphatic hydroxyl groups excluding tert-OH is 1. The number of methoxy groups -OCH3 is 2. The molecule has 236 valence electrons. The number of aliphatic hydroxyl groups is 1. The van der Waals surface area contributed by atoms with Crippen molar-refractivity contribution in [2.75, 3.05) is 20.8 Å². The molecule has 0 saturated heterocycles. The van der Waals surface area contributed by atoms with Crippen molar-refractivity contribution < 1.29 is 19.3 Å². The van der Waals surface area contributed by atoms with Crippen molar-refractivity contribution in [3.63, 3.8) is 0 Å². The maximum absolute atomic E-state index is 13.2. The zero-order valence-corrected chi connectivity index (χ0v) is 27.4. The molecule has 3 heterocycles. The summed E-state index contributed by atoms with van der Waals surface area (Å²) in [5, 5.41) is 23.1. The maximum atomic E-state index is 13.2. The number of nitrogens with zero attached hydrogens (tertiary/aromatic N) is 4. The van der Waals surface area contributed by atoms with Crippen LogP contribution in [0.15, 0.2) is 77.7 Å². The quantitative estimate of drug-likeness (QED) is 0.206. The zero-order chi connectivity index (χ0) is 31.7. The number of hydrogen-bond acceptors (Lipinski definition) is 7. The molecule has 6 rings (SSSR count). The number of nitrogens with one attached hydrogen (secondary N) is 1. The van der Waals surface area contributed by atoms with Crippen LogP contribution in [0.4, 0.5) is 0 Å². The third-order valence-corrected chi connectivity index (χ3v) is 13.7. The number of aromatic nitrogens is 5. The summed E-state index contributed by atoms with van der Waals surface area (Å²) in [6.45, 7) is 7.72. The van der Waals surface area contributed by atoms with Crippen molar-refractivity contribution in [2.24, 2.45) is 5.92 Å². The zero-order valence-electron chi connectivity index (χ0n) is 26.4. The molecule has 2 aromatic heterocycles. The Kier molecular flexibility index (Phi) is 8.67. The summed E-state index contributed by atoms with van der Waals surface area (Å²) in [6, 6.07) is 21.9. The van der Waals surface area contributed by atoms with E-state index in [-0.39, 0.29) is 35.8 Å². The third kappa shape index (κ3) is 5.83. The van der Waals surface area contributed by atoms with Gasteiger partial charge < -0.3 is 19.3 Å². The number of H-pyrrole nitrogens is 1. The monoisotopic (exact) mass is 627 g/mol. The molecule has 4 atom stereocenters. The first-order chi connectivity index (χ1) is 21.7. The summed E-state index contributed by atoms with van der Waals surface area (Å²) in [7, 11) is 1.25. The van der Waals surface area contributed by atoms with Gasteiger partial charge in [-0.05, 0) is 54.4 Å². The van der Waals surface area contributed by atoms with Crippen LogP contribution in [0.25, 0.3) is 16.6 Å². The van der Waals surface area contributed by atoms with Crippen molar-refractivity contribution >= 4 is 24.2 Å². The minimum absolute atomic E-state index is 0.0212. The molecule has 3 aromatic carbocycles. The lowest BCUT2D eigenvalue weighted by Gasteiger charge is -2.46. The van der Waals surface area contributed by atoms with E-state index in [9.17, 15) is 9.90 Å². The first kappa shape index (κ1) is 30.8. The van der Waals surface area contributed by atoms with Crippen LogP contribution >= 0.6 is 0 Å². The molecular weight excluding hydrogens is 586 g/mol. The van der Waals surface area contributed by atoms with Gasteiger partial charge in [-0.15, -0.1) is 5.10 Å². The molecule has 0 fully saturated rings. The van der Waals surface area contributed by atoms with Gasteiger partial charge in [0, 0.05) is 44.4 Å². The first-order valence-electron chi connectivity index (χ1n) is 15.4. The fraction of sp³-hybridized carbons (Fsp3) is 0.382. The minimum atomic E-state index is -2.18. The van der Waals surface area contributed by atoms with E-state index in [0.717, 1.165) is 40.4 Å². The molecule has 11 heteroatoms. The number of rotatable bonds is 11. The van der Waals surface area contributed by atoms with Crippen molar-refractivity contribution in [1.82, 2.24) is 24.8 Å². The van der Waals surface area contributed by atoms with Gasteiger partial charge in [-0.25, -0.2) is 4.68 Å². The second-order valence-corrected chi connectivity index (χ2v) is 17.2. The second kappa shape index (κ2) is 12.7. The van der Waals surface area contributed by atoms with Gasteiger partial charge in [0.2, 0.25) is 0 Å². The van der Waals surface area contributed by atoms with Crippen molar-refractivity contribution in [3.8, 4) is 17.2 Å². The van der Waals surface area contributed by atoms with Crippen LogP contribution in [0.5, 0.6) is 11.5 Å². The van der Waals surface area contributed by atoms with Crippen molar-refractivity contribution in [2.45, 2.75) is 57.2 Å². The lowest BCUT2D eigenvalue weighted by molar-refractivity contribution is -0.0234. The van der Waals surface area contributed by atoms with Gasteiger partial charge in [-0.3, -0.25) is 14.6 Å². The van der Waals surface area contributed by atoms with E-state index < -0.39 is 8.07 Å². The van der Waals surface area contributed by atoms with Gasteiger partial charge >= 0.3 is 0 Å². The van der Waals surface area contributed by atoms with Gasteiger partial charge in [-0.2, -0.15) is 0 Å².